The lowest BCUT2D eigenvalue weighted by molar-refractivity contribution is -0.155. The van der Waals surface area contributed by atoms with Gasteiger partial charge in [-0.2, -0.15) is 0 Å². The molecule has 0 saturated heterocycles. The van der Waals surface area contributed by atoms with E-state index in [1.165, 1.54) is 6.92 Å². The van der Waals surface area contributed by atoms with Crippen LogP contribution in [-0.4, -0.2) is 52.9 Å². The highest BCUT2D eigenvalue weighted by Gasteiger charge is 2.74. The Bertz CT molecular complexity index is 996. The third kappa shape index (κ3) is 2.63. The van der Waals surface area contributed by atoms with E-state index in [-0.39, 0.29) is 41.3 Å². The molecule has 5 rings (SSSR count). The molecule has 7 heteroatoms. The summed E-state index contributed by atoms with van der Waals surface area (Å²) >= 11 is 0. The van der Waals surface area contributed by atoms with Crippen LogP contribution in [0.5, 0.6) is 0 Å². The normalized spacial score (nSPS) is 46.2. The summed E-state index contributed by atoms with van der Waals surface area (Å²) in [6, 6.07) is 0. The Kier molecular flexibility index (Phi) is 4.62. The highest BCUT2D eigenvalue weighted by Crippen LogP contribution is 2.69. The molecule has 0 aromatic carbocycles. The molecule has 1 heterocycles. The molecule has 0 bridgehead atoms. The molecule has 0 amide bonds. The maximum absolute atomic E-state index is 13.5. The smallest absolute Gasteiger partial charge is 0.303 e. The zero-order valence-electron chi connectivity index (χ0n) is 19.1. The molecule has 7 nitrogen and oxygen atoms in total. The molecule has 0 aromatic heterocycles. The molecule has 0 aromatic rings. The summed E-state index contributed by atoms with van der Waals surface area (Å²) in [6.07, 6.45) is 7.01. The number of hydrogen-bond donors (Lipinski definition) is 1. The van der Waals surface area contributed by atoms with Gasteiger partial charge in [-0.3, -0.25) is 14.4 Å². The summed E-state index contributed by atoms with van der Waals surface area (Å²) in [6.45, 7) is 6.88. The molecule has 3 saturated carbocycles. The number of aliphatic hydroxyl groups is 1. The Morgan fingerprint density at radius 1 is 1.34 bits per heavy atom. The number of ether oxygens (including phenoxy) is 2. The third-order valence-corrected chi connectivity index (χ3v) is 9.17. The van der Waals surface area contributed by atoms with E-state index in [0.717, 1.165) is 18.4 Å². The largest absolute Gasteiger partial charge is 0.475 e. The summed E-state index contributed by atoms with van der Waals surface area (Å²) in [4.78, 5) is 41.7. The maximum Gasteiger partial charge on any atom is 0.303 e. The van der Waals surface area contributed by atoms with Crippen molar-refractivity contribution in [2.45, 2.75) is 71.1 Å². The van der Waals surface area contributed by atoms with E-state index in [9.17, 15) is 19.5 Å². The Balaban J connectivity index is 1.56. The lowest BCUT2D eigenvalue weighted by Gasteiger charge is -2.59. The van der Waals surface area contributed by atoms with E-state index in [1.54, 1.807) is 19.1 Å². The van der Waals surface area contributed by atoms with Crippen LogP contribution in [0.25, 0.3) is 0 Å². The van der Waals surface area contributed by atoms with E-state index in [2.05, 4.69) is 13.8 Å². The standard InChI is InChI=1S/C25H31NO6/c1-13-26-25(20(30)12-31-14(2)27)21(32-13)10-18-17-6-5-15-9-16(28)7-8-23(15,3)22(17)19(29)11-24(18,25)4/h7-9,17-19,21-22,29H,5-6,10-12H2,1-4H3/t17-,18-,19-,21-,22-,23-,24-,25+/m0/s1. The van der Waals surface area contributed by atoms with Gasteiger partial charge in [-0.25, -0.2) is 4.99 Å². The van der Waals surface area contributed by atoms with Gasteiger partial charge in [0.1, 0.15) is 6.10 Å². The number of aliphatic hydroxyl groups excluding tert-OH is 1. The number of nitrogens with zero attached hydrogens (tertiary/aromatic N) is 1. The average Bonchev–Trinajstić information content (AvgIpc) is 3.17. The van der Waals surface area contributed by atoms with Gasteiger partial charge in [-0.1, -0.05) is 25.5 Å². The van der Waals surface area contributed by atoms with E-state index < -0.39 is 29.1 Å². The van der Waals surface area contributed by atoms with Crippen molar-refractivity contribution in [3.05, 3.63) is 23.8 Å². The second-order valence-electron chi connectivity index (χ2n) is 10.7. The molecule has 1 N–H and O–H groups in total. The first-order valence-electron chi connectivity index (χ1n) is 11.5. The number of carbonyl (C=O) groups excluding carboxylic acids is 3. The minimum atomic E-state index is -1.15. The zero-order valence-corrected chi connectivity index (χ0v) is 19.1. The van der Waals surface area contributed by atoms with Gasteiger partial charge in [0, 0.05) is 30.6 Å². The van der Waals surface area contributed by atoms with Crippen LogP contribution in [0, 0.1) is 28.6 Å². The Morgan fingerprint density at radius 3 is 2.81 bits per heavy atom. The second kappa shape index (κ2) is 6.86. The summed E-state index contributed by atoms with van der Waals surface area (Å²) < 4.78 is 11.2. The molecule has 8 atom stereocenters. The first-order chi connectivity index (χ1) is 15.0. The molecule has 32 heavy (non-hydrogen) atoms. The Labute approximate surface area is 187 Å². The van der Waals surface area contributed by atoms with Gasteiger partial charge in [0.2, 0.25) is 5.78 Å². The predicted octanol–water partition coefficient (Wildman–Crippen LogP) is 2.56. The van der Waals surface area contributed by atoms with Crippen LogP contribution >= 0.6 is 0 Å². The van der Waals surface area contributed by atoms with Crippen molar-refractivity contribution in [3.63, 3.8) is 0 Å². The Morgan fingerprint density at radius 2 is 2.09 bits per heavy atom. The molecule has 3 fully saturated rings. The van der Waals surface area contributed by atoms with Crippen LogP contribution in [0.1, 0.15) is 53.4 Å². The fourth-order valence-electron chi connectivity index (χ4n) is 7.97. The lowest BCUT2D eigenvalue weighted by Crippen LogP contribution is -2.62. The zero-order chi connectivity index (χ0) is 23.1. The van der Waals surface area contributed by atoms with Crippen molar-refractivity contribution < 1.29 is 29.0 Å². The molecule has 1 aliphatic heterocycles. The number of aliphatic imine (C=N–C) groups is 1. The van der Waals surface area contributed by atoms with Gasteiger partial charge in [0.25, 0.3) is 0 Å². The van der Waals surface area contributed by atoms with Crippen LogP contribution in [0.15, 0.2) is 28.8 Å². The van der Waals surface area contributed by atoms with Crippen LogP contribution in [-0.2, 0) is 23.9 Å². The fraction of sp³-hybridized carbons (Fsp3) is 0.680. The SMILES string of the molecule is CC(=O)OCC(=O)[C@@]12N=C(C)O[C@H]1C[C@H]1[C@@H]3CCC4=CC(=O)C=C[C@]4(C)[C@@H]3[C@@H](O)C[C@@]12C. The van der Waals surface area contributed by atoms with Gasteiger partial charge >= 0.3 is 5.97 Å². The maximum atomic E-state index is 13.5. The van der Waals surface area contributed by atoms with Crippen LogP contribution in [0.2, 0.25) is 0 Å². The lowest BCUT2D eigenvalue weighted by atomic mass is 9.46. The summed E-state index contributed by atoms with van der Waals surface area (Å²) in [5.41, 5.74) is -1.04. The molecule has 0 radical (unpaired) electrons. The number of ketones is 2. The number of allylic oxidation sites excluding steroid dienone is 4. The topological polar surface area (TPSA) is 102 Å². The number of esters is 1. The summed E-state index contributed by atoms with van der Waals surface area (Å²) in [7, 11) is 0. The van der Waals surface area contributed by atoms with Crippen molar-refractivity contribution >= 4 is 23.4 Å². The van der Waals surface area contributed by atoms with Gasteiger partial charge < -0.3 is 14.6 Å². The van der Waals surface area contributed by atoms with E-state index >= 15 is 0 Å². The first-order valence-corrected chi connectivity index (χ1v) is 11.5. The summed E-state index contributed by atoms with van der Waals surface area (Å²) in [5, 5.41) is 11.6. The quantitative estimate of drug-likeness (QED) is 0.676. The second-order valence-corrected chi connectivity index (χ2v) is 10.7. The number of fused-ring (bicyclic) bond motifs is 7. The van der Waals surface area contributed by atoms with Crippen LogP contribution < -0.4 is 0 Å². The predicted molar refractivity (Wildman–Crippen MR) is 116 cm³/mol. The van der Waals surface area contributed by atoms with Crippen molar-refractivity contribution in [2.24, 2.45) is 33.6 Å². The van der Waals surface area contributed by atoms with Crippen molar-refractivity contribution in [1.82, 2.24) is 0 Å². The van der Waals surface area contributed by atoms with Crippen LogP contribution in [0.4, 0.5) is 0 Å². The highest BCUT2D eigenvalue weighted by molar-refractivity contribution is 6.01. The minimum absolute atomic E-state index is 0.00898. The molecule has 0 unspecified atom stereocenters. The van der Waals surface area contributed by atoms with Crippen LogP contribution in [0.3, 0.4) is 0 Å². The minimum Gasteiger partial charge on any atom is -0.475 e. The number of carbonyl (C=O) groups is 3. The van der Waals surface area contributed by atoms with Gasteiger partial charge in [-0.05, 0) is 49.7 Å². The summed E-state index contributed by atoms with van der Waals surface area (Å²) in [5.74, 6) is -0.0140. The monoisotopic (exact) mass is 441 g/mol. The van der Waals surface area contributed by atoms with Crippen molar-refractivity contribution in [1.29, 1.82) is 0 Å². The van der Waals surface area contributed by atoms with Crippen molar-refractivity contribution in [2.75, 3.05) is 6.61 Å². The fourth-order valence-corrected chi connectivity index (χ4v) is 7.97. The first kappa shape index (κ1) is 21.6. The molecule has 0 spiro atoms. The molecular weight excluding hydrogens is 410 g/mol. The van der Waals surface area contributed by atoms with E-state index in [0.29, 0.717) is 18.7 Å². The van der Waals surface area contributed by atoms with E-state index in [1.807, 2.05) is 6.08 Å². The van der Waals surface area contributed by atoms with Gasteiger partial charge in [0.15, 0.2) is 23.8 Å². The van der Waals surface area contributed by atoms with E-state index in [4.69, 9.17) is 14.5 Å². The molecule has 4 aliphatic carbocycles. The number of hydrogen-bond acceptors (Lipinski definition) is 7. The average molecular weight is 442 g/mol. The number of rotatable bonds is 3. The Hall–Kier alpha value is -2.28. The molecule has 5 aliphatic rings. The third-order valence-electron chi connectivity index (χ3n) is 9.17. The number of Topliss-reactive ketones (excluding diaryl/α,β-unsaturated/α-hetero) is 1. The van der Waals surface area contributed by atoms with Gasteiger partial charge in [0.05, 0.1) is 6.10 Å². The van der Waals surface area contributed by atoms with Gasteiger partial charge in [-0.15, -0.1) is 0 Å². The molecular formula is C25H31NO6. The molecule has 172 valence electrons. The van der Waals surface area contributed by atoms with Crippen molar-refractivity contribution in [3.8, 4) is 0 Å². The highest BCUT2D eigenvalue weighted by atomic mass is 16.5.